The molecule has 0 N–H and O–H groups in total. The van der Waals surface area contributed by atoms with Crippen molar-refractivity contribution < 1.29 is 9.59 Å². The van der Waals surface area contributed by atoms with Gasteiger partial charge in [0.2, 0.25) is 5.91 Å². The molecule has 1 atom stereocenters. The Morgan fingerprint density at radius 3 is 2.60 bits per heavy atom. The van der Waals surface area contributed by atoms with Crippen LogP contribution in [0.1, 0.15) is 6.42 Å². The molecule has 78 valence electrons. The third kappa shape index (κ3) is 1.85. The van der Waals surface area contributed by atoms with Crippen LogP contribution in [0.5, 0.6) is 0 Å². The van der Waals surface area contributed by atoms with Crippen LogP contribution in [0.3, 0.4) is 0 Å². The van der Waals surface area contributed by atoms with Gasteiger partial charge in [0.15, 0.2) is 0 Å². The Labute approximate surface area is 96.6 Å². The molecule has 0 aromatic heterocycles. The Balaban J connectivity index is 2.39. The quantitative estimate of drug-likeness (QED) is 0.561. The predicted octanol–water partition coefficient (Wildman–Crippen LogP) is 2.21. The molecular weight excluding hydrogens is 237 g/mol. The number of imide groups is 1. The third-order valence-corrected chi connectivity index (χ3v) is 2.73. The molecule has 1 unspecified atom stereocenters. The van der Waals surface area contributed by atoms with Gasteiger partial charge in [0.1, 0.15) is 5.38 Å². The van der Waals surface area contributed by atoms with E-state index in [4.69, 9.17) is 23.2 Å². The molecular formula is C10H7Cl2NO2. The lowest BCUT2D eigenvalue weighted by Crippen LogP contribution is -2.30. The van der Waals surface area contributed by atoms with Gasteiger partial charge in [-0.05, 0) is 18.2 Å². The summed E-state index contributed by atoms with van der Waals surface area (Å²) >= 11 is 11.5. The number of nitrogens with zero attached hydrogens (tertiary/aromatic N) is 1. The minimum absolute atomic E-state index is 0.0485. The van der Waals surface area contributed by atoms with Crippen molar-refractivity contribution in [3.8, 4) is 0 Å². The highest BCUT2D eigenvalue weighted by Crippen LogP contribution is 2.27. The van der Waals surface area contributed by atoms with Crippen molar-refractivity contribution in [2.45, 2.75) is 11.8 Å². The first-order valence-electron chi connectivity index (χ1n) is 4.36. The van der Waals surface area contributed by atoms with Crippen LogP contribution < -0.4 is 4.90 Å². The van der Waals surface area contributed by atoms with Crippen molar-refractivity contribution in [3.05, 3.63) is 29.3 Å². The molecule has 5 heteroatoms. The summed E-state index contributed by atoms with van der Waals surface area (Å²) in [5, 5.41) is -0.275. The maximum absolute atomic E-state index is 11.6. The van der Waals surface area contributed by atoms with Gasteiger partial charge in [-0.15, -0.1) is 11.6 Å². The zero-order valence-corrected chi connectivity index (χ0v) is 9.13. The van der Waals surface area contributed by atoms with Crippen LogP contribution >= 0.6 is 23.2 Å². The van der Waals surface area contributed by atoms with Crippen molar-refractivity contribution in [1.29, 1.82) is 0 Å². The zero-order valence-electron chi connectivity index (χ0n) is 7.61. The van der Waals surface area contributed by atoms with Crippen molar-refractivity contribution in [3.63, 3.8) is 0 Å². The van der Waals surface area contributed by atoms with E-state index >= 15 is 0 Å². The van der Waals surface area contributed by atoms with Crippen molar-refractivity contribution >= 4 is 40.7 Å². The first kappa shape index (κ1) is 10.5. The molecule has 3 nitrogen and oxygen atoms in total. The summed E-state index contributed by atoms with van der Waals surface area (Å²) in [5.74, 6) is -0.675. The van der Waals surface area contributed by atoms with Gasteiger partial charge in [-0.3, -0.25) is 9.59 Å². The molecule has 1 saturated heterocycles. The van der Waals surface area contributed by atoms with Crippen LogP contribution in [0.2, 0.25) is 5.02 Å². The van der Waals surface area contributed by atoms with Gasteiger partial charge in [-0.2, -0.15) is 0 Å². The molecule has 1 aliphatic heterocycles. The summed E-state index contributed by atoms with van der Waals surface area (Å²) in [7, 11) is 0. The Hall–Kier alpha value is -1.06. The van der Waals surface area contributed by atoms with Gasteiger partial charge < -0.3 is 0 Å². The molecule has 1 aromatic rings. The van der Waals surface area contributed by atoms with Crippen LogP contribution in [-0.2, 0) is 9.59 Å². The Morgan fingerprint density at radius 1 is 1.33 bits per heavy atom. The molecule has 1 aliphatic rings. The molecule has 2 amide bonds. The second kappa shape index (κ2) is 3.83. The van der Waals surface area contributed by atoms with E-state index in [1.165, 1.54) is 0 Å². The van der Waals surface area contributed by atoms with E-state index in [1.54, 1.807) is 24.3 Å². The lowest BCUT2D eigenvalue weighted by molar-refractivity contribution is -0.121. The van der Waals surface area contributed by atoms with Gasteiger partial charge in [-0.1, -0.05) is 17.7 Å². The highest BCUT2D eigenvalue weighted by atomic mass is 35.5. The zero-order chi connectivity index (χ0) is 11.0. The van der Waals surface area contributed by atoms with E-state index in [-0.39, 0.29) is 18.2 Å². The maximum Gasteiger partial charge on any atom is 0.252 e. The summed E-state index contributed by atoms with van der Waals surface area (Å²) in [5.41, 5.74) is 0.473. The molecule has 0 radical (unpaired) electrons. The van der Waals surface area contributed by atoms with Crippen LogP contribution in [-0.4, -0.2) is 17.2 Å². The SMILES string of the molecule is O=C1CC(Cl)C(=O)N1c1cccc(Cl)c1. The second-order valence-electron chi connectivity index (χ2n) is 3.22. The van der Waals surface area contributed by atoms with Gasteiger partial charge in [0.05, 0.1) is 12.1 Å². The minimum atomic E-state index is -0.753. The first-order valence-corrected chi connectivity index (χ1v) is 5.17. The van der Waals surface area contributed by atoms with E-state index in [9.17, 15) is 9.59 Å². The Kier molecular flexibility index (Phi) is 2.67. The molecule has 0 spiro atoms. The number of carbonyl (C=O) groups is 2. The van der Waals surface area contributed by atoms with Gasteiger partial charge >= 0.3 is 0 Å². The fourth-order valence-corrected chi connectivity index (χ4v) is 1.90. The molecule has 2 rings (SSSR count). The summed E-state index contributed by atoms with van der Waals surface area (Å²) in [6, 6.07) is 6.57. The fraction of sp³-hybridized carbons (Fsp3) is 0.200. The Morgan fingerprint density at radius 2 is 2.07 bits per heavy atom. The van der Waals surface area contributed by atoms with E-state index in [0.29, 0.717) is 10.7 Å². The largest absolute Gasteiger partial charge is 0.274 e. The molecule has 1 aromatic carbocycles. The predicted molar refractivity (Wildman–Crippen MR) is 58.2 cm³/mol. The molecule has 0 bridgehead atoms. The molecule has 1 fully saturated rings. The highest BCUT2D eigenvalue weighted by Gasteiger charge is 2.38. The molecule has 0 aliphatic carbocycles. The van der Waals surface area contributed by atoms with E-state index in [1.807, 2.05) is 0 Å². The standard InChI is InChI=1S/C10H7Cl2NO2/c11-6-2-1-3-7(4-6)13-9(14)5-8(12)10(13)15/h1-4,8H,5H2. The highest BCUT2D eigenvalue weighted by molar-refractivity contribution is 6.41. The smallest absolute Gasteiger partial charge is 0.252 e. The third-order valence-electron chi connectivity index (χ3n) is 2.16. The fourth-order valence-electron chi connectivity index (χ4n) is 1.48. The number of benzene rings is 1. The first-order chi connectivity index (χ1) is 7.09. The van der Waals surface area contributed by atoms with Crippen LogP contribution in [0, 0.1) is 0 Å². The van der Waals surface area contributed by atoms with Crippen molar-refractivity contribution in [2.75, 3.05) is 4.90 Å². The topological polar surface area (TPSA) is 37.4 Å². The van der Waals surface area contributed by atoms with E-state index in [2.05, 4.69) is 0 Å². The molecule has 0 saturated carbocycles. The second-order valence-corrected chi connectivity index (χ2v) is 4.18. The number of carbonyl (C=O) groups excluding carboxylic acids is 2. The number of halogens is 2. The summed E-state index contributed by atoms with van der Waals surface area (Å²) in [6.45, 7) is 0. The summed E-state index contributed by atoms with van der Waals surface area (Å²) < 4.78 is 0. The molecule has 1 heterocycles. The van der Waals surface area contributed by atoms with Gasteiger partial charge in [-0.25, -0.2) is 4.90 Å². The summed E-state index contributed by atoms with van der Waals surface area (Å²) in [4.78, 5) is 24.1. The average Bonchev–Trinajstić information content (AvgIpc) is 2.41. The van der Waals surface area contributed by atoms with Crippen molar-refractivity contribution in [2.24, 2.45) is 0 Å². The number of rotatable bonds is 1. The monoisotopic (exact) mass is 243 g/mol. The number of hydrogen-bond donors (Lipinski definition) is 0. The van der Waals surface area contributed by atoms with Gasteiger partial charge in [0, 0.05) is 5.02 Å². The average molecular weight is 244 g/mol. The normalized spacial score (nSPS) is 21.2. The Bertz CT molecular complexity index is 433. The van der Waals surface area contributed by atoms with E-state index in [0.717, 1.165) is 4.90 Å². The van der Waals surface area contributed by atoms with Crippen molar-refractivity contribution in [1.82, 2.24) is 0 Å². The number of alkyl halides is 1. The van der Waals surface area contributed by atoms with E-state index < -0.39 is 5.38 Å². The number of hydrogen-bond acceptors (Lipinski definition) is 2. The van der Waals surface area contributed by atoms with Gasteiger partial charge in [0.25, 0.3) is 5.91 Å². The lowest BCUT2D eigenvalue weighted by Gasteiger charge is -2.13. The minimum Gasteiger partial charge on any atom is -0.274 e. The molecule has 15 heavy (non-hydrogen) atoms. The number of amides is 2. The van der Waals surface area contributed by atoms with Crippen LogP contribution in [0.25, 0.3) is 0 Å². The number of anilines is 1. The lowest BCUT2D eigenvalue weighted by atomic mass is 10.3. The summed E-state index contributed by atoms with van der Waals surface area (Å²) in [6.07, 6.45) is 0.0485. The maximum atomic E-state index is 11.6. The van der Waals surface area contributed by atoms with Crippen LogP contribution in [0.4, 0.5) is 5.69 Å². The van der Waals surface area contributed by atoms with Crippen LogP contribution in [0.15, 0.2) is 24.3 Å².